The molecule has 0 aliphatic heterocycles. The van der Waals surface area contributed by atoms with Crippen LogP contribution in [0.25, 0.3) is 0 Å². The minimum Gasteiger partial charge on any atom is -0.459 e. The first-order valence-electron chi connectivity index (χ1n) is 3.88. The van der Waals surface area contributed by atoms with Crippen molar-refractivity contribution in [2.24, 2.45) is 0 Å². The van der Waals surface area contributed by atoms with Crippen molar-refractivity contribution in [1.29, 1.82) is 0 Å². The molecule has 10 heavy (non-hydrogen) atoms. The Hall–Kier alpha value is -0.530. The van der Waals surface area contributed by atoms with Crippen LogP contribution in [0.3, 0.4) is 0 Å². The number of rotatable bonds is 2. The van der Waals surface area contributed by atoms with Crippen LogP contribution in [0.1, 0.15) is 39.5 Å². The average Bonchev–Trinajstić information content (AvgIpc) is 1.84. The summed E-state index contributed by atoms with van der Waals surface area (Å²) in [5.74, 6) is -0.0674. The third kappa shape index (κ3) is 1.49. The fourth-order valence-corrected chi connectivity index (χ4v) is 1.12. The van der Waals surface area contributed by atoms with Crippen molar-refractivity contribution < 1.29 is 9.53 Å². The van der Waals surface area contributed by atoms with E-state index in [2.05, 4.69) is 0 Å². The standard InChI is InChI=1S/C8H14O2/c1-3-7(9)10-8(2)5-4-6-8/h3-6H2,1-2H3. The molecule has 0 aromatic carbocycles. The lowest BCUT2D eigenvalue weighted by Gasteiger charge is -2.37. The second kappa shape index (κ2) is 2.60. The van der Waals surface area contributed by atoms with Gasteiger partial charge in [-0.3, -0.25) is 4.79 Å². The summed E-state index contributed by atoms with van der Waals surface area (Å²) in [6.07, 6.45) is 3.78. The zero-order chi connectivity index (χ0) is 7.61. The summed E-state index contributed by atoms with van der Waals surface area (Å²) in [4.78, 5) is 10.8. The minimum atomic E-state index is -0.104. The summed E-state index contributed by atoms with van der Waals surface area (Å²) in [5, 5.41) is 0. The van der Waals surface area contributed by atoms with Crippen molar-refractivity contribution in [3.05, 3.63) is 0 Å². The van der Waals surface area contributed by atoms with Gasteiger partial charge in [-0.2, -0.15) is 0 Å². The van der Waals surface area contributed by atoms with Crippen molar-refractivity contribution in [3.63, 3.8) is 0 Å². The molecule has 58 valence electrons. The van der Waals surface area contributed by atoms with Crippen LogP contribution in [-0.4, -0.2) is 11.6 Å². The first kappa shape index (κ1) is 7.58. The molecule has 1 aliphatic carbocycles. The van der Waals surface area contributed by atoms with Crippen LogP contribution in [0.2, 0.25) is 0 Å². The van der Waals surface area contributed by atoms with Gasteiger partial charge in [0.15, 0.2) is 0 Å². The van der Waals surface area contributed by atoms with Gasteiger partial charge in [0.05, 0.1) is 0 Å². The first-order valence-corrected chi connectivity index (χ1v) is 3.88. The molecule has 0 unspecified atom stereocenters. The van der Waals surface area contributed by atoms with Gasteiger partial charge in [-0.15, -0.1) is 0 Å². The lowest BCUT2D eigenvalue weighted by Crippen LogP contribution is -2.38. The molecule has 0 aromatic rings. The highest BCUT2D eigenvalue weighted by Gasteiger charge is 2.35. The van der Waals surface area contributed by atoms with Crippen molar-refractivity contribution in [2.45, 2.75) is 45.1 Å². The third-order valence-corrected chi connectivity index (χ3v) is 2.06. The number of carbonyl (C=O) groups is 1. The first-order chi connectivity index (χ1) is 4.66. The molecular weight excluding hydrogens is 128 g/mol. The Morgan fingerprint density at radius 3 is 2.50 bits per heavy atom. The SMILES string of the molecule is CCC(=O)OC1(C)CCC1. The van der Waals surface area contributed by atoms with Gasteiger partial charge in [-0.25, -0.2) is 0 Å². The molecule has 1 aliphatic rings. The van der Waals surface area contributed by atoms with Gasteiger partial charge >= 0.3 is 5.97 Å². The lowest BCUT2D eigenvalue weighted by molar-refractivity contribution is -0.165. The molecule has 0 spiro atoms. The molecule has 2 heteroatoms. The Labute approximate surface area is 61.6 Å². The smallest absolute Gasteiger partial charge is 0.306 e. The summed E-state index contributed by atoms with van der Waals surface area (Å²) in [6, 6.07) is 0. The van der Waals surface area contributed by atoms with E-state index >= 15 is 0 Å². The summed E-state index contributed by atoms with van der Waals surface area (Å²) in [7, 11) is 0. The molecule has 1 rings (SSSR count). The molecule has 1 saturated carbocycles. The maximum Gasteiger partial charge on any atom is 0.306 e. The van der Waals surface area contributed by atoms with Gasteiger partial charge in [-0.1, -0.05) is 6.92 Å². The normalized spacial score (nSPS) is 21.4. The largest absolute Gasteiger partial charge is 0.459 e. The van der Waals surface area contributed by atoms with Gasteiger partial charge in [0.1, 0.15) is 5.60 Å². The monoisotopic (exact) mass is 142 g/mol. The molecule has 0 heterocycles. The van der Waals surface area contributed by atoms with E-state index in [-0.39, 0.29) is 11.6 Å². The quantitative estimate of drug-likeness (QED) is 0.550. The predicted octanol–water partition coefficient (Wildman–Crippen LogP) is 1.88. The number of esters is 1. The second-order valence-corrected chi connectivity index (χ2v) is 3.13. The molecule has 0 saturated heterocycles. The summed E-state index contributed by atoms with van der Waals surface area (Å²) in [6.45, 7) is 3.83. The van der Waals surface area contributed by atoms with Crippen molar-refractivity contribution in [1.82, 2.24) is 0 Å². The van der Waals surface area contributed by atoms with Crippen LogP contribution in [0.5, 0.6) is 0 Å². The maximum absolute atomic E-state index is 10.8. The number of hydrogen-bond donors (Lipinski definition) is 0. The molecule has 0 bridgehead atoms. The zero-order valence-electron chi connectivity index (χ0n) is 6.64. The molecule has 0 aromatic heterocycles. The van der Waals surface area contributed by atoms with E-state index in [0.717, 1.165) is 12.8 Å². The predicted molar refractivity (Wildman–Crippen MR) is 38.6 cm³/mol. The molecule has 0 amide bonds. The van der Waals surface area contributed by atoms with E-state index in [4.69, 9.17) is 4.74 Å². The van der Waals surface area contributed by atoms with Crippen LogP contribution in [0.15, 0.2) is 0 Å². The van der Waals surface area contributed by atoms with Gasteiger partial charge in [-0.05, 0) is 26.2 Å². The van der Waals surface area contributed by atoms with Crippen LogP contribution in [0, 0.1) is 0 Å². The number of carbonyl (C=O) groups excluding carboxylic acids is 1. The highest BCUT2D eigenvalue weighted by atomic mass is 16.6. The fourth-order valence-electron chi connectivity index (χ4n) is 1.12. The van der Waals surface area contributed by atoms with Crippen molar-refractivity contribution in [3.8, 4) is 0 Å². The Balaban J connectivity index is 2.29. The van der Waals surface area contributed by atoms with E-state index in [9.17, 15) is 4.79 Å². The van der Waals surface area contributed by atoms with E-state index < -0.39 is 0 Å². The Morgan fingerprint density at radius 1 is 1.60 bits per heavy atom. The Morgan fingerprint density at radius 2 is 2.20 bits per heavy atom. The van der Waals surface area contributed by atoms with Crippen LogP contribution in [-0.2, 0) is 9.53 Å². The second-order valence-electron chi connectivity index (χ2n) is 3.13. The van der Waals surface area contributed by atoms with Gasteiger partial charge < -0.3 is 4.74 Å². The molecule has 2 nitrogen and oxygen atoms in total. The third-order valence-electron chi connectivity index (χ3n) is 2.06. The number of ether oxygens (including phenoxy) is 1. The van der Waals surface area contributed by atoms with Gasteiger partial charge in [0.25, 0.3) is 0 Å². The topological polar surface area (TPSA) is 26.3 Å². The van der Waals surface area contributed by atoms with Crippen LogP contribution in [0.4, 0.5) is 0 Å². The van der Waals surface area contributed by atoms with Crippen molar-refractivity contribution in [2.75, 3.05) is 0 Å². The number of hydrogen-bond acceptors (Lipinski definition) is 2. The molecule has 0 N–H and O–H groups in total. The summed E-state index contributed by atoms with van der Waals surface area (Å²) in [5.41, 5.74) is -0.104. The average molecular weight is 142 g/mol. The van der Waals surface area contributed by atoms with E-state index in [1.165, 1.54) is 6.42 Å². The molecule has 1 fully saturated rings. The minimum absolute atomic E-state index is 0.0674. The van der Waals surface area contributed by atoms with Gasteiger partial charge in [0, 0.05) is 6.42 Å². The zero-order valence-corrected chi connectivity index (χ0v) is 6.64. The van der Waals surface area contributed by atoms with Crippen LogP contribution < -0.4 is 0 Å². The van der Waals surface area contributed by atoms with E-state index in [0.29, 0.717) is 6.42 Å². The fraction of sp³-hybridized carbons (Fsp3) is 0.875. The van der Waals surface area contributed by atoms with E-state index in [1.54, 1.807) is 0 Å². The Bertz CT molecular complexity index is 136. The highest BCUT2D eigenvalue weighted by Crippen LogP contribution is 2.34. The molecule has 0 atom stereocenters. The van der Waals surface area contributed by atoms with E-state index in [1.807, 2.05) is 13.8 Å². The molecular formula is C8H14O2. The Kier molecular flexibility index (Phi) is 1.97. The molecule has 0 radical (unpaired) electrons. The van der Waals surface area contributed by atoms with Crippen LogP contribution >= 0.6 is 0 Å². The van der Waals surface area contributed by atoms with Crippen molar-refractivity contribution >= 4 is 5.97 Å². The highest BCUT2D eigenvalue weighted by molar-refractivity contribution is 5.69. The van der Waals surface area contributed by atoms with Gasteiger partial charge in [0.2, 0.25) is 0 Å². The summed E-state index contributed by atoms with van der Waals surface area (Å²) >= 11 is 0. The lowest BCUT2D eigenvalue weighted by atomic mass is 9.82. The maximum atomic E-state index is 10.8. The summed E-state index contributed by atoms with van der Waals surface area (Å²) < 4.78 is 5.18.